The number of aromatic nitrogens is 1. The van der Waals surface area contributed by atoms with Gasteiger partial charge in [-0.1, -0.05) is 60.7 Å². The van der Waals surface area contributed by atoms with E-state index >= 15 is 0 Å². The lowest BCUT2D eigenvalue weighted by Crippen LogP contribution is -2.31. The van der Waals surface area contributed by atoms with Crippen LogP contribution in [0.5, 0.6) is 0 Å². The Hall–Kier alpha value is -2.68. The summed E-state index contributed by atoms with van der Waals surface area (Å²) < 4.78 is 25.2. The first-order chi connectivity index (χ1) is 15.9. The normalized spacial score (nSPS) is 11.6. The molecular formula is C25H24N2O3S3. The zero-order valence-corrected chi connectivity index (χ0v) is 20.8. The van der Waals surface area contributed by atoms with Crippen LogP contribution in [0.2, 0.25) is 0 Å². The average Bonchev–Trinajstić information content (AvgIpc) is 3.26. The molecule has 0 aliphatic carbocycles. The summed E-state index contributed by atoms with van der Waals surface area (Å²) in [5, 5.41) is 0.655. The van der Waals surface area contributed by atoms with Crippen LogP contribution in [0.1, 0.15) is 18.1 Å². The molecule has 1 aromatic heterocycles. The number of nitrogens with zero attached hydrogens (tertiary/aromatic N) is 2. The first kappa shape index (κ1) is 23.5. The zero-order chi connectivity index (χ0) is 23.4. The van der Waals surface area contributed by atoms with Gasteiger partial charge in [0.25, 0.3) is 0 Å². The van der Waals surface area contributed by atoms with Crippen molar-refractivity contribution in [2.45, 2.75) is 29.7 Å². The van der Waals surface area contributed by atoms with Crippen LogP contribution in [0.4, 0.5) is 5.13 Å². The predicted molar refractivity (Wildman–Crippen MR) is 137 cm³/mol. The second-order valence-corrected chi connectivity index (χ2v) is 11.7. The van der Waals surface area contributed by atoms with Crippen molar-refractivity contribution in [1.29, 1.82) is 0 Å². The predicted octanol–water partition coefficient (Wildman–Crippen LogP) is 5.59. The standard InChI is InChI=1S/C25H24N2O3S3/c1-3-33(29,30)21-12-9-18(10-13-21)15-24(28)27(17-19-7-5-4-6-8-19)25-26-22-14-11-20(31-2)16-23(22)32-25/h4-14,16H,3,15,17H2,1-2H3. The maximum atomic E-state index is 13.4. The summed E-state index contributed by atoms with van der Waals surface area (Å²) in [5.74, 6) is -0.0412. The number of thiazole rings is 1. The van der Waals surface area contributed by atoms with Crippen molar-refractivity contribution in [3.8, 4) is 0 Å². The maximum absolute atomic E-state index is 13.4. The quantitative estimate of drug-likeness (QED) is 0.298. The number of hydrogen-bond acceptors (Lipinski definition) is 6. The molecule has 0 atom stereocenters. The molecule has 3 aromatic carbocycles. The average molecular weight is 497 g/mol. The number of thioether (sulfide) groups is 1. The van der Waals surface area contributed by atoms with E-state index in [9.17, 15) is 13.2 Å². The minimum Gasteiger partial charge on any atom is -0.283 e. The highest BCUT2D eigenvalue weighted by Crippen LogP contribution is 2.32. The molecule has 0 saturated heterocycles. The highest BCUT2D eigenvalue weighted by molar-refractivity contribution is 7.98. The highest BCUT2D eigenvalue weighted by Gasteiger charge is 2.21. The number of rotatable bonds is 8. The van der Waals surface area contributed by atoms with Crippen molar-refractivity contribution in [1.82, 2.24) is 4.98 Å². The van der Waals surface area contributed by atoms with Gasteiger partial charge in [0.2, 0.25) is 5.91 Å². The minimum atomic E-state index is -3.27. The van der Waals surface area contributed by atoms with Crippen LogP contribution in [-0.2, 0) is 27.6 Å². The Bertz CT molecular complexity index is 1370. The van der Waals surface area contributed by atoms with Gasteiger partial charge < -0.3 is 0 Å². The number of carbonyl (C=O) groups excluding carboxylic acids is 1. The Morgan fingerprint density at radius 3 is 2.39 bits per heavy atom. The second-order valence-electron chi connectivity index (χ2n) is 7.52. The lowest BCUT2D eigenvalue weighted by Gasteiger charge is -2.20. The van der Waals surface area contributed by atoms with Crippen LogP contribution < -0.4 is 4.90 Å². The van der Waals surface area contributed by atoms with Gasteiger partial charge >= 0.3 is 0 Å². The monoisotopic (exact) mass is 496 g/mol. The van der Waals surface area contributed by atoms with E-state index in [-0.39, 0.29) is 23.0 Å². The molecule has 170 valence electrons. The zero-order valence-electron chi connectivity index (χ0n) is 18.4. The van der Waals surface area contributed by atoms with E-state index in [0.29, 0.717) is 11.7 Å². The van der Waals surface area contributed by atoms with Crippen molar-refractivity contribution >= 4 is 54.2 Å². The Morgan fingerprint density at radius 1 is 1.00 bits per heavy atom. The number of fused-ring (bicyclic) bond motifs is 1. The largest absolute Gasteiger partial charge is 0.283 e. The van der Waals surface area contributed by atoms with E-state index in [0.717, 1.165) is 26.2 Å². The fourth-order valence-electron chi connectivity index (χ4n) is 3.42. The summed E-state index contributed by atoms with van der Waals surface area (Å²) >= 11 is 3.18. The summed E-state index contributed by atoms with van der Waals surface area (Å²) in [4.78, 5) is 21.3. The molecule has 1 heterocycles. The highest BCUT2D eigenvalue weighted by atomic mass is 32.2. The molecule has 0 bridgehead atoms. The third-order valence-electron chi connectivity index (χ3n) is 5.32. The second kappa shape index (κ2) is 10.1. The van der Waals surface area contributed by atoms with Gasteiger partial charge in [-0.2, -0.15) is 0 Å². The molecular weight excluding hydrogens is 472 g/mol. The Balaban J connectivity index is 1.64. The topological polar surface area (TPSA) is 67.3 Å². The van der Waals surface area contributed by atoms with Gasteiger partial charge in [-0.25, -0.2) is 13.4 Å². The minimum absolute atomic E-state index is 0.0476. The molecule has 8 heteroatoms. The van der Waals surface area contributed by atoms with Crippen molar-refractivity contribution in [2.24, 2.45) is 0 Å². The molecule has 0 unspecified atom stereocenters. The van der Waals surface area contributed by atoms with Crippen molar-refractivity contribution in [2.75, 3.05) is 16.9 Å². The lowest BCUT2D eigenvalue weighted by atomic mass is 10.1. The molecule has 33 heavy (non-hydrogen) atoms. The van der Waals surface area contributed by atoms with Crippen molar-refractivity contribution < 1.29 is 13.2 Å². The van der Waals surface area contributed by atoms with Gasteiger partial charge in [-0.15, -0.1) is 11.8 Å². The first-order valence-corrected chi connectivity index (χ1v) is 14.2. The molecule has 5 nitrogen and oxygen atoms in total. The van der Waals surface area contributed by atoms with E-state index in [1.807, 2.05) is 48.7 Å². The SMILES string of the molecule is CCS(=O)(=O)c1ccc(CC(=O)N(Cc2ccccc2)c2nc3ccc(SC)cc3s2)cc1. The number of amides is 1. The Labute approximate surface area is 202 Å². The summed E-state index contributed by atoms with van der Waals surface area (Å²) in [5.41, 5.74) is 2.64. The molecule has 0 aliphatic heterocycles. The Kier molecular flexibility index (Phi) is 7.17. The van der Waals surface area contributed by atoms with Crippen LogP contribution in [-0.4, -0.2) is 31.3 Å². The van der Waals surface area contributed by atoms with Crippen LogP contribution in [0.3, 0.4) is 0 Å². The lowest BCUT2D eigenvalue weighted by molar-refractivity contribution is -0.118. The molecule has 1 amide bonds. The van der Waals surface area contributed by atoms with E-state index in [4.69, 9.17) is 4.98 Å². The summed E-state index contributed by atoms with van der Waals surface area (Å²) in [6, 6.07) is 22.5. The molecule has 0 saturated carbocycles. The van der Waals surface area contributed by atoms with Gasteiger partial charge in [0.1, 0.15) is 0 Å². The van der Waals surface area contributed by atoms with Gasteiger partial charge in [0.15, 0.2) is 15.0 Å². The van der Waals surface area contributed by atoms with E-state index in [1.165, 1.54) is 11.3 Å². The number of sulfone groups is 1. The fraction of sp³-hybridized carbons (Fsp3) is 0.200. The van der Waals surface area contributed by atoms with Gasteiger partial charge in [-0.3, -0.25) is 9.69 Å². The third-order valence-corrected chi connectivity index (χ3v) is 8.83. The Morgan fingerprint density at radius 2 is 1.73 bits per heavy atom. The first-order valence-electron chi connectivity index (χ1n) is 10.5. The molecule has 0 radical (unpaired) electrons. The van der Waals surface area contributed by atoms with Crippen LogP contribution in [0.15, 0.2) is 82.6 Å². The van der Waals surface area contributed by atoms with Crippen LogP contribution in [0, 0.1) is 0 Å². The van der Waals surface area contributed by atoms with Gasteiger partial charge in [0, 0.05) is 4.90 Å². The number of carbonyl (C=O) groups is 1. The van der Waals surface area contributed by atoms with Crippen molar-refractivity contribution in [3.05, 3.63) is 83.9 Å². The third kappa shape index (κ3) is 5.46. The summed E-state index contributed by atoms with van der Waals surface area (Å²) in [7, 11) is -3.27. The summed E-state index contributed by atoms with van der Waals surface area (Å²) in [6.45, 7) is 2.03. The van der Waals surface area contributed by atoms with Crippen LogP contribution in [0.25, 0.3) is 10.2 Å². The van der Waals surface area contributed by atoms with E-state index in [2.05, 4.69) is 6.07 Å². The number of hydrogen-bond donors (Lipinski definition) is 0. The molecule has 0 N–H and O–H groups in total. The van der Waals surface area contributed by atoms with Gasteiger partial charge in [0.05, 0.1) is 33.8 Å². The fourth-order valence-corrected chi connectivity index (χ4v) is 5.83. The maximum Gasteiger partial charge on any atom is 0.233 e. The molecule has 4 rings (SSSR count). The molecule has 0 spiro atoms. The van der Waals surface area contributed by atoms with E-state index < -0.39 is 9.84 Å². The smallest absolute Gasteiger partial charge is 0.233 e. The van der Waals surface area contributed by atoms with Crippen molar-refractivity contribution in [3.63, 3.8) is 0 Å². The van der Waals surface area contributed by atoms with E-state index in [1.54, 1.807) is 47.9 Å². The molecule has 4 aromatic rings. The number of anilines is 1. The molecule has 0 aliphatic rings. The number of benzene rings is 3. The summed E-state index contributed by atoms with van der Waals surface area (Å²) in [6.07, 6.45) is 2.19. The molecule has 0 fully saturated rings. The van der Waals surface area contributed by atoms with Gasteiger partial charge in [-0.05, 0) is 47.7 Å². The van der Waals surface area contributed by atoms with Crippen LogP contribution >= 0.6 is 23.1 Å².